The van der Waals surface area contributed by atoms with E-state index in [4.69, 9.17) is 15.2 Å². The molecule has 0 saturated heterocycles. The molecule has 20 heavy (non-hydrogen) atoms. The Hall–Kier alpha value is -1.81. The topological polar surface area (TPSA) is 44.5 Å². The molecule has 0 fully saturated rings. The van der Waals surface area contributed by atoms with Gasteiger partial charge in [-0.15, -0.1) is 11.8 Å². The lowest BCUT2D eigenvalue weighted by atomic mass is 10.2. The highest BCUT2D eigenvalue weighted by atomic mass is 32.2. The SMILES string of the molecule is COc1cc(N)c(SCc2cccc(C)c2)cc1OC. The summed E-state index contributed by atoms with van der Waals surface area (Å²) >= 11 is 1.70. The van der Waals surface area contributed by atoms with Gasteiger partial charge >= 0.3 is 0 Å². The van der Waals surface area contributed by atoms with Crippen LogP contribution >= 0.6 is 11.8 Å². The molecule has 0 bridgehead atoms. The molecule has 0 aliphatic heterocycles. The standard InChI is InChI=1S/C16H19NO2S/c1-11-5-4-6-12(7-11)10-20-16-9-15(19-3)14(18-2)8-13(16)17/h4-9H,10,17H2,1-3H3. The highest BCUT2D eigenvalue weighted by molar-refractivity contribution is 7.98. The number of nitrogens with two attached hydrogens (primary N) is 1. The molecule has 2 aromatic rings. The second-order valence-electron chi connectivity index (χ2n) is 4.52. The smallest absolute Gasteiger partial charge is 0.162 e. The fourth-order valence-corrected chi connectivity index (χ4v) is 2.88. The molecule has 0 aromatic heterocycles. The fourth-order valence-electron chi connectivity index (χ4n) is 1.96. The van der Waals surface area contributed by atoms with Crippen LogP contribution in [0.4, 0.5) is 5.69 Å². The molecule has 0 saturated carbocycles. The van der Waals surface area contributed by atoms with Gasteiger partial charge < -0.3 is 15.2 Å². The molecule has 0 unspecified atom stereocenters. The van der Waals surface area contributed by atoms with E-state index in [0.29, 0.717) is 17.2 Å². The molecule has 3 nitrogen and oxygen atoms in total. The van der Waals surface area contributed by atoms with E-state index in [-0.39, 0.29) is 0 Å². The number of benzene rings is 2. The molecule has 0 atom stereocenters. The summed E-state index contributed by atoms with van der Waals surface area (Å²) in [6, 6.07) is 12.2. The summed E-state index contributed by atoms with van der Waals surface area (Å²) in [6.07, 6.45) is 0. The van der Waals surface area contributed by atoms with Crippen LogP contribution in [0.15, 0.2) is 41.3 Å². The molecule has 106 valence electrons. The van der Waals surface area contributed by atoms with Crippen molar-refractivity contribution < 1.29 is 9.47 Å². The number of anilines is 1. The number of ether oxygens (including phenoxy) is 2. The summed E-state index contributed by atoms with van der Waals surface area (Å²) in [5, 5.41) is 0. The van der Waals surface area contributed by atoms with Crippen LogP contribution in [0.1, 0.15) is 11.1 Å². The maximum Gasteiger partial charge on any atom is 0.162 e. The zero-order valence-electron chi connectivity index (χ0n) is 12.0. The molecule has 2 N–H and O–H groups in total. The Bertz CT molecular complexity index is 599. The predicted octanol–water partition coefficient (Wildman–Crippen LogP) is 3.89. The quantitative estimate of drug-likeness (QED) is 0.670. The van der Waals surface area contributed by atoms with Gasteiger partial charge in [-0.3, -0.25) is 0 Å². The minimum absolute atomic E-state index is 0.657. The fraction of sp³-hybridized carbons (Fsp3) is 0.250. The van der Waals surface area contributed by atoms with Gasteiger partial charge in [-0.2, -0.15) is 0 Å². The summed E-state index contributed by atoms with van der Waals surface area (Å²) in [5.41, 5.74) is 9.32. The minimum Gasteiger partial charge on any atom is -0.493 e. The first-order valence-electron chi connectivity index (χ1n) is 6.34. The van der Waals surface area contributed by atoms with Crippen LogP contribution in [0.5, 0.6) is 11.5 Å². The number of methoxy groups -OCH3 is 2. The first-order chi connectivity index (χ1) is 9.63. The lowest BCUT2D eigenvalue weighted by molar-refractivity contribution is 0.354. The van der Waals surface area contributed by atoms with Crippen LogP contribution in [0.2, 0.25) is 0 Å². The molecule has 0 aliphatic rings. The Morgan fingerprint density at radius 3 is 2.40 bits per heavy atom. The molecule has 0 aliphatic carbocycles. The highest BCUT2D eigenvalue weighted by Gasteiger charge is 2.09. The van der Waals surface area contributed by atoms with Gasteiger partial charge in [-0.25, -0.2) is 0 Å². The second-order valence-corrected chi connectivity index (χ2v) is 5.54. The van der Waals surface area contributed by atoms with E-state index in [1.807, 2.05) is 6.07 Å². The Kier molecular flexibility index (Phi) is 4.79. The number of rotatable bonds is 5. The van der Waals surface area contributed by atoms with Gasteiger partial charge in [0.1, 0.15) is 0 Å². The number of aryl methyl sites for hydroxylation is 1. The average Bonchev–Trinajstić information content (AvgIpc) is 2.45. The van der Waals surface area contributed by atoms with Crippen molar-refractivity contribution in [1.82, 2.24) is 0 Å². The van der Waals surface area contributed by atoms with Crippen LogP contribution in [0.25, 0.3) is 0 Å². The molecule has 2 rings (SSSR count). The van der Waals surface area contributed by atoms with Crippen molar-refractivity contribution in [2.75, 3.05) is 20.0 Å². The number of hydrogen-bond donors (Lipinski definition) is 1. The molecule has 2 aromatic carbocycles. The third-order valence-corrected chi connectivity index (χ3v) is 4.14. The van der Waals surface area contributed by atoms with Crippen molar-refractivity contribution in [2.24, 2.45) is 0 Å². The van der Waals surface area contributed by atoms with Crippen LogP contribution in [-0.4, -0.2) is 14.2 Å². The minimum atomic E-state index is 0.657. The summed E-state index contributed by atoms with van der Waals surface area (Å²) in [4.78, 5) is 1.00. The molecule has 0 radical (unpaired) electrons. The van der Waals surface area contributed by atoms with Gasteiger partial charge in [0.15, 0.2) is 11.5 Å². The molecular formula is C16H19NO2S. The summed E-state index contributed by atoms with van der Waals surface area (Å²) < 4.78 is 10.5. The van der Waals surface area contributed by atoms with E-state index in [1.165, 1.54) is 11.1 Å². The maximum absolute atomic E-state index is 6.06. The van der Waals surface area contributed by atoms with E-state index in [1.54, 1.807) is 32.0 Å². The van der Waals surface area contributed by atoms with Gasteiger partial charge in [0.05, 0.1) is 14.2 Å². The molecule has 4 heteroatoms. The second kappa shape index (κ2) is 6.57. The first kappa shape index (κ1) is 14.6. The van der Waals surface area contributed by atoms with Gasteiger partial charge in [-0.05, 0) is 18.6 Å². The molecule has 0 spiro atoms. The van der Waals surface area contributed by atoms with E-state index in [2.05, 4.69) is 31.2 Å². The summed E-state index contributed by atoms with van der Waals surface area (Å²) in [5.74, 6) is 2.24. The van der Waals surface area contributed by atoms with Gasteiger partial charge in [0.25, 0.3) is 0 Å². The molecule has 0 heterocycles. The predicted molar refractivity (Wildman–Crippen MR) is 84.7 cm³/mol. The zero-order valence-corrected chi connectivity index (χ0v) is 12.8. The third-order valence-electron chi connectivity index (χ3n) is 2.99. The Morgan fingerprint density at radius 1 is 1.05 bits per heavy atom. The normalized spacial score (nSPS) is 10.3. The summed E-state index contributed by atoms with van der Waals surface area (Å²) in [6.45, 7) is 2.10. The highest BCUT2D eigenvalue weighted by Crippen LogP contribution is 2.37. The largest absolute Gasteiger partial charge is 0.493 e. The van der Waals surface area contributed by atoms with Crippen molar-refractivity contribution >= 4 is 17.4 Å². The van der Waals surface area contributed by atoms with Crippen molar-refractivity contribution in [3.05, 3.63) is 47.5 Å². The van der Waals surface area contributed by atoms with E-state index >= 15 is 0 Å². The van der Waals surface area contributed by atoms with Gasteiger partial charge in [0.2, 0.25) is 0 Å². The van der Waals surface area contributed by atoms with E-state index < -0.39 is 0 Å². The van der Waals surface area contributed by atoms with Crippen LogP contribution in [0.3, 0.4) is 0 Å². The monoisotopic (exact) mass is 289 g/mol. The maximum atomic E-state index is 6.06. The first-order valence-corrected chi connectivity index (χ1v) is 7.32. The van der Waals surface area contributed by atoms with Gasteiger partial charge in [0, 0.05) is 22.4 Å². The van der Waals surface area contributed by atoms with E-state index in [0.717, 1.165) is 10.6 Å². The van der Waals surface area contributed by atoms with Crippen molar-refractivity contribution in [1.29, 1.82) is 0 Å². The van der Waals surface area contributed by atoms with Crippen LogP contribution in [0, 0.1) is 6.92 Å². The Labute approximate surface area is 124 Å². The number of nitrogen functional groups attached to an aromatic ring is 1. The van der Waals surface area contributed by atoms with E-state index in [9.17, 15) is 0 Å². The Balaban J connectivity index is 2.17. The van der Waals surface area contributed by atoms with Crippen molar-refractivity contribution in [2.45, 2.75) is 17.6 Å². The zero-order chi connectivity index (χ0) is 14.5. The average molecular weight is 289 g/mol. The third kappa shape index (κ3) is 3.39. The van der Waals surface area contributed by atoms with Crippen molar-refractivity contribution in [3.63, 3.8) is 0 Å². The molecule has 0 amide bonds. The number of thioether (sulfide) groups is 1. The lowest BCUT2D eigenvalue weighted by Crippen LogP contribution is -1.95. The number of hydrogen-bond acceptors (Lipinski definition) is 4. The van der Waals surface area contributed by atoms with Gasteiger partial charge in [-0.1, -0.05) is 29.8 Å². The van der Waals surface area contributed by atoms with Crippen LogP contribution < -0.4 is 15.2 Å². The molecular weight excluding hydrogens is 270 g/mol. The van der Waals surface area contributed by atoms with Crippen LogP contribution in [-0.2, 0) is 5.75 Å². The lowest BCUT2D eigenvalue weighted by Gasteiger charge is -2.12. The Morgan fingerprint density at radius 2 is 1.75 bits per heavy atom. The summed E-state index contributed by atoms with van der Waals surface area (Å²) in [7, 11) is 3.24. The van der Waals surface area contributed by atoms with Crippen molar-refractivity contribution in [3.8, 4) is 11.5 Å².